The molecule has 0 amide bonds. The van der Waals surface area contributed by atoms with Crippen LogP contribution in [0.15, 0.2) is 53.7 Å². The highest BCUT2D eigenvalue weighted by Crippen LogP contribution is 2.47. The van der Waals surface area contributed by atoms with Crippen LogP contribution in [0.2, 0.25) is 0 Å². The van der Waals surface area contributed by atoms with Crippen molar-refractivity contribution in [2.24, 2.45) is 4.99 Å². The topological polar surface area (TPSA) is 28.5 Å². The maximum Gasteiger partial charge on any atom is 0.160 e. The van der Waals surface area contributed by atoms with E-state index in [-0.39, 0.29) is 12.1 Å². The first kappa shape index (κ1) is 15.7. The van der Waals surface area contributed by atoms with Crippen LogP contribution >= 0.6 is 11.8 Å². The summed E-state index contributed by atoms with van der Waals surface area (Å²) in [4.78, 5) is 12.1. The Hall–Kier alpha value is -1.81. The average Bonchev–Trinajstić information content (AvgIpc) is 3.11. The van der Waals surface area contributed by atoms with Crippen molar-refractivity contribution in [3.8, 4) is 0 Å². The molecule has 0 saturated carbocycles. The van der Waals surface area contributed by atoms with Gasteiger partial charge in [0.15, 0.2) is 5.17 Å². The molecule has 3 atom stereocenters. The Labute approximate surface area is 148 Å². The van der Waals surface area contributed by atoms with E-state index in [1.54, 1.807) is 0 Å². The van der Waals surface area contributed by atoms with E-state index < -0.39 is 0 Å². The van der Waals surface area contributed by atoms with Crippen molar-refractivity contribution in [3.63, 3.8) is 0 Å². The standard InChI is InChI=1S/C20H23N3S/c1-13(2)15-7-9-16(10-8-15)19-18(17-6-4-5-11-21-17)22-20-23(19)12-14(3)24-20/h4-11,13-14,18-19H,12H2,1-3H3/t14-,18-,19+/m1/s1. The number of amidine groups is 1. The summed E-state index contributed by atoms with van der Waals surface area (Å²) < 4.78 is 0. The summed E-state index contributed by atoms with van der Waals surface area (Å²) in [6.45, 7) is 7.81. The Bertz CT molecular complexity index is 739. The second-order valence-corrected chi connectivity index (χ2v) is 8.36. The molecule has 3 heterocycles. The van der Waals surface area contributed by atoms with Gasteiger partial charge in [0.1, 0.15) is 6.04 Å². The van der Waals surface area contributed by atoms with Crippen LogP contribution in [0, 0.1) is 0 Å². The number of benzene rings is 1. The lowest BCUT2D eigenvalue weighted by Gasteiger charge is -2.27. The van der Waals surface area contributed by atoms with Gasteiger partial charge in [-0.05, 0) is 29.2 Å². The molecule has 0 unspecified atom stereocenters. The van der Waals surface area contributed by atoms with Gasteiger partial charge in [-0.25, -0.2) is 0 Å². The number of hydrogen-bond donors (Lipinski definition) is 0. The van der Waals surface area contributed by atoms with Gasteiger partial charge in [0.05, 0.1) is 11.7 Å². The molecule has 24 heavy (non-hydrogen) atoms. The molecule has 1 aromatic carbocycles. The molecule has 3 nitrogen and oxygen atoms in total. The van der Waals surface area contributed by atoms with Crippen LogP contribution in [-0.2, 0) is 0 Å². The average molecular weight is 337 g/mol. The van der Waals surface area contributed by atoms with E-state index in [1.165, 1.54) is 16.3 Å². The Morgan fingerprint density at radius 1 is 1.12 bits per heavy atom. The normalized spacial score (nSPS) is 25.9. The number of rotatable bonds is 3. The Morgan fingerprint density at radius 2 is 1.92 bits per heavy atom. The van der Waals surface area contributed by atoms with Crippen molar-refractivity contribution in [2.75, 3.05) is 6.54 Å². The van der Waals surface area contributed by atoms with Crippen LogP contribution < -0.4 is 0 Å². The molecule has 4 heteroatoms. The van der Waals surface area contributed by atoms with Gasteiger partial charge in [-0.3, -0.25) is 9.98 Å². The number of pyridine rings is 1. The fraction of sp³-hybridized carbons (Fsp3) is 0.400. The quantitative estimate of drug-likeness (QED) is 0.806. The van der Waals surface area contributed by atoms with E-state index in [0.29, 0.717) is 11.2 Å². The number of aromatic nitrogens is 1. The lowest BCUT2D eigenvalue weighted by molar-refractivity contribution is 0.321. The molecule has 1 aromatic heterocycles. The van der Waals surface area contributed by atoms with E-state index in [0.717, 1.165) is 12.2 Å². The minimum absolute atomic E-state index is 0.0890. The summed E-state index contributed by atoms with van der Waals surface area (Å²) in [6.07, 6.45) is 1.87. The van der Waals surface area contributed by atoms with Gasteiger partial charge in [-0.15, -0.1) is 0 Å². The summed E-state index contributed by atoms with van der Waals surface area (Å²) >= 11 is 1.89. The highest BCUT2D eigenvalue weighted by atomic mass is 32.2. The maximum atomic E-state index is 5.03. The monoisotopic (exact) mass is 337 g/mol. The van der Waals surface area contributed by atoms with Crippen molar-refractivity contribution in [1.29, 1.82) is 0 Å². The maximum absolute atomic E-state index is 5.03. The molecule has 0 aliphatic carbocycles. The minimum atomic E-state index is 0.0890. The van der Waals surface area contributed by atoms with Gasteiger partial charge < -0.3 is 4.90 Å². The number of aliphatic imine (C=N–C) groups is 1. The summed E-state index contributed by atoms with van der Waals surface area (Å²) in [7, 11) is 0. The molecule has 0 spiro atoms. The van der Waals surface area contributed by atoms with E-state index in [4.69, 9.17) is 4.99 Å². The number of nitrogens with zero attached hydrogens (tertiary/aromatic N) is 3. The molecular weight excluding hydrogens is 314 g/mol. The molecule has 0 bridgehead atoms. The molecule has 2 aromatic rings. The highest BCUT2D eigenvalue weighted by molar-refractivity contribution is 8.14. The third-order valence-corrected chi connectivity index (χ3v) is 5.93. The smallest absolute Gasteiger partial charge is 0.160 e. The fourth-order valence-electron chi connectivity index (χ4n) is 3.56. The van der Waals surface area contributed by atoms with Gasteiger partial charge in [0.2, 0.25) is 0 Å². The minimum Gasteiger partial charge on any atom is -0.341 e. The van der Waals surface area contributed by atoms with Gasteiger partial charge >= 0.3 is 0 Å². The first-order valence-electron chi connectivity index (χ1n) is 8.65. The van der Waals surface area contributed by atoms with Gasteiger partial charge in [-0.2, -0.15) is 0 Å². The predicted molar refractivity (Wildman–Crippen MR) is 101 cm³/mol. The lowest BCUT2D eigenvalue weighted by atomic mass is 9.94. The van der Waals surface area contributed by atoms with Crippen LogP contribution in [0.1, 0.15) is 55.6 Å². The zero-order chi connectivity index (χ0) is 16.7. The third kappa shape index (κ3) is 2.73. The van der Waals surface area contributed by atoms with Crippen LogP contribution in [0.4, 0.5) is 0 Å². The predicted octanol–water partition coefficient (Wildman–Crippen LogP) is 4.79. The summed E-state index contributed by atoms with van der Waals surface area (Å²) in [5, 5.41) is 1.78. The second kappa shape index (κ2) is 6.25. The number of fused-ring (bicyclic) bond motifs is 1. The molecule has 2 aliphatic rings. The molecule has 0 radical (unpaired) electrons. The first-order valence-corrected chi connectivity index (χ1v) is 9.53. The van der Waals surface area contributed by atoms with Crippen molar-refractivity contribution in [2.45, 2.75) is 44.0 Å². The highest BCUT2D eigenvalue weighted by Gasteiger charge is 2.43. The van der Waals surface area contributed by atoms with Crippen molar-refractivity contribution >= 4 is 16.9 Å². The largest absolute Gasteiger partial charge is 0.341 e. The summed E-state index contributed by atoms with van der Waals surface area (Å²) in [5.74, 6) is 0.559. The molecule has 1 fully saturated rings. The SMILES string of the molecule is CC(C)c1ccc([C@H]2[C@@H](c3ccccn3)N=C3S[C@H](C)CN32)cc1. The zero-order valence-electron chi connectivity index (χ0n) is 14.4. The molecule has 0 N–H and O–H groups in total. The van der Waals surface area contributed by atoms with Crippen molar-refractivity contribution in [1.82, 2.24) is 9.88 Å². The molecule has 124 valence electrons. The van der Waals surface area contributed by atoms with Crippen LogP contribution in [0.5, 0.6) is 0 Å². The molecule has 1 saturated heterocycles. The van der Waals surface area contributed by atoms with E-state index >= 15 is 0 Å². The van der Waals surface area contributed by atoms with Crippen LogP contribution in [0.3, 0.4) is 0 Å². The number of thioether (sulfide) groups is 1. The summed E-state index contributed by atoms with van der Waals surface area (Å²) in [5.41, 5.74) is 3.78. The van der Waals surface area contributed by atoms with E-state index in [9.17, 15) is 0 Å². The molecule has 2 aliphatic heterocycles. The van der Waals surface area contributed by atoms with Crippen molar-refractivity contribution < 1.29 is 0 Å². The van der Waals surface area contributed by atoms with Crippen LogP contribution in [0.25, 0.3) is 0 Å². The van der Waals surface area contributed by atoms with E-state index in [1.807, 2.05) is 24.0 Å². The lowest BCUT2D eigenvalue weighted by Crippen LogP contribution is -2.28. The Morgan fingerprint density at radius 3 is 2.58 bits per heavy atom. The Kier molecular flexibility index (Phi) is 4.09. The second-order valence-electron chi connectivity index (χ2n) is 6.96. The van der Waals surface area contributed by atoms with Gasteiger partial charge in [-0.1, -0.05) is 62.9 Å². The van der Waals surface area contributed by atoms with Gasteiger partial charge in [0.25, 0.3) is 0 Å². The van der Waals surface area contributed by atoms with E-state index in [2.05, 4.69) is 67.1 Å². The number of hydrogen-bond acceptors (Lipinski definition) is 4. The van der Waals surface area contributed by atoms with Crippen LogP contribution in [-0.4, -0.2) is 26.8 Å². The zero-order valence-corrected chi connectivity index (χ0v) is 15.2. The fourth-order valence-corrected chi connectivity index (χ4v) is 4.65. The first-order chi connectivity index (χ1) is 11.6. The Balaban J connectivity index is 1.72. The summed E-state index contributed by atoms with van der Waals surface area (Å²) in [6, 6.07) is 15.6. The molecular formula is C20H23N3S. The molecule has 4 rings (SSSR count). The van der Waals surface area contributed by atoms with Crippen molar-refractivity contribution in [3.05, 3.63) is 65.5 Å². The third-order valence-electron chi connectivity index (χ3n) is 4.83. The van der Waals surface area contributed by atoms with Gasteiger partial charge in [0, 0.05) is 18.0 Å².